The molecule has 22 heavy (non-hydrogen) atoms. The maximum atomic E-state index is 5.64. The van der Waals surface area contributed by atoms with E-state index in [4.69, 9.17) is 9.47 Å². The summed E-state index contributed by atoms with van der Waals surface area (Å²) in [5, 5.41) is 7.01. The van der Waals surface area contributed by atoms with E-state index in [0.717, 1.165) is 12.1 Å². The molecule has 0 aromatic carbocycles. The molecule has 118 valence electrons. The molecule has 1 aliphatic heterocycles. The quantitative estimate of drug-likeness (QED) is 0.837. The van der Waals surface area contributed by atoms with Gasteiger partial charge in [0.15, 0.2) is 0 Å². The third kappa shape index (κ3) is 2.22. The summed E-state index contributed by atoms with van der Waals surface area (Å²) in [7, 11) is 3.55. The highest BCUT2D eigenvalue weighted by Crippen LogP contribution is 2.52. The van der Waals surface area contributed by atoms with Crippen molar-refractivity contribution in [2.75, 3.05) is 14.2 Å². The van der Waals surface area contributed by atoms with Crippen LogP contribution in [0.5, 0.6) is 0 Å². The molecule has 1 fully saturated rings. The van der Waals surface area contributed by atoms with Gasteiger partial charge in [0.1, 0.15) is 6.23 Å². The average molecular weight is 300 g/mol. The van der Waals surface area contributed by atoms with E-state index >= 15 is 0 Å². The van der Waals surface area contributed by atoms with Crippen molar-refractivity contribution in [2.24, 2.45) is 11.8 Å². The molecule has 4 nitrogen and oxygen atoms in total. The van der Waals surface area contributed by atoms with Gasteiger partial charge in [-0.05, 0) is 60.8 Å². The van der Waals surface area contributed by atoms with Crippen LogP contribution in [0.25, 0.3) is 0 Å². The van der Waals surface area contributed by atoms with Crippen molar-refractivity contribution in [3.8, 4) is 0 Å². The largest absolute Gasteiger partial charge is 0.377 e. The fourth-order valence-corrected chi connectivity index (χ4v) is 4.39. The molecule has 0 radical (unpaired) electrons. The van der Waals surface area contributed by atoms with E-state index in [9.17, 15) is 0 Å². The van der Waals surface area contributed by atoms with Crippen molar-refractivity contribution in [2.45, 2.75) is 38.0 Å². The molecule has 3 aliphatic carbocycles. The number of hydrogen-bond donors (Lipinski definition) is 2. The standard InChI is InChI=1S/C18H24N2O2/c1-21-14-5-3-4-13(9-14)20-15-10-19-18(22-2)17-12-7-6-11(8-12)16(15)17/h3-4,9-12,14,18-20H,5-8H2,1-2H3. The van der Waals surface area contributed by atoms with Crippen molar-refractivity contribution in [1.82, 2.24) is 10.6 Å². The maximum Gasteiger partial charge on any atom is 0.150 e. The smallest absolute Gasteiger partial charge is 0.150 e. The molecule has 4 heteroatoms. The van der Waals surface area contributed by atoms with Gasteiger partial charge >= 0.3 is 0 Å². The van der Waals surface area contributed by atoms with E-state index in [-0.39, 0.29) is 12.3 Å². The number of ether oxygens (including phenoxy) is 2. The minimum absolute atomic E-state index is 0.0541. The second-order valence-corrected chi connectivity index (χ2v) is 6.58. The van der Waals surface area contributed by atoms with E-state index in [2.05, 4.69) is 35.1 Å². The lowest BCUT2D eigenvalue weighted by molar-refractivity contribution is 0.104. The van der Waals surface area contributed by atoms with Crippen molar-refractivity contribution >= 4 is 0 Å². The minimum Gasteiger partial charge on any atom is -0.377 e. The minimum atomic E-state index is 0.0541. The van der Waals surface area contributed by atoms with E-state index in [1.165, 1.54) is 36.1 Å². The second-order valence-electron chi connectivity index (χ2n) is 6.58. The zero-order valence-corrected chi connectivity index (χ0v) is 13.3. The fraction of sp³-hybridized carbons (Fsp3) is 0.556. The van der Waals surface area contributed by atoms with Gasteiger partial charge in [0.05, 0.1) is 11.8 Å². The zero-order chi connectivity index (χ0) is 15.1. The summed E-state index contributed by atoms with van der Waals surface area (Å²) in [6, 6.07) is 0. The number of nitrogens with one attached hydrogen (secondary N) is 2. The summed E-state index contributed by atoms with van der Waals surface area (Å²) in [4.78, 5) is 0. The van der Waals surface area contributed by atoms with E-state index < -0.39 is 0 Å². The van der Waals surface area contributed by atoms with Gasteiger partial charge in [-0.25, -0.2) is 0 Å². The first-order valence-corrected chi connectivity index (χ1v) is 8.21. The highest BCUT2D eigenvalue weighted by molar-refractivity contribution is 5.48. The molecule has 2 N–H and O–H groups in total. The summed E-state index contributed by atoms with van der Waals surface area (Å²) in [5.74, 6) is 1.40. The number of fused-ring (bicyclic) bond motifs is 4. The Labute approximate surface area is 131 Å². The Morgan fingerprint density at radius 3 is 2.86 bits per heavy atom. The van der Waals surface area contributed by atoms with E-state index in [0.29, 0.717) is 11.8 Å². The third-order valence-corrected chi connectivity index (χ3v) is 5.39. The van der Waals surface area contributed by atoms with Crippen molar-refractivity contribution in [3.63, 3.8) is 0 Å². The van der Waals surface area contributed by atoms with Crippen LogP contribution in [-0.2, 0) is 9.47 Å². The zero-order valence-electron chi connectivity index (χ0n) is 13.3. The van der Waals surface area contributed by atoms with Crippen LogP contribution < -0.4 is 10.6 Å². The average Bonchev–Trinajstić information content (AvgIpc) is 3.17. The number of dihydropyridines is 1. The maximum absolute atomic E-state index is 5.64. The van der Waals surface area contributed by atoms with Crippen LogP contribution in [0.15, 0.2) is 47.0 Å². The Morgan fingerprint density at radius 1 is 1.18 bits per heavy atom. The summed E-state index contributed by atoms with van der Waals surface area (Å²) >= 11 is 0. The van der Waals surface area contributed by atoms with Gasteiger partial charge in [-0.1, -0.05) is 6.08 Å². The molecule has 0 aromatic rings. The van der Waals surface area contributed by atoms with Gasteiger partial charge in [0, 0.05) is 26.1 Å². The molecule has 0 saturated heterocycles. The summed E-state index contributed by atoms with van der Waals surface area (Å²) < 4.78 is 11.1. The molecule has 4 aliphatic rings. The molecule has 4 unspecified atom stereocenters. The van der Waals surface area contributed by atoms with E-state index in [1.54, 1.807) is 14.2 Å². The molecule has 1 heterocycles. The van der Waals surface area contributed by atoms with Gasteiger partial charge in [0.2, 0.25) is 0 Å². The molecule has 0 amide bonds. The van der Waals surface area contributed by atoms with E-state index in [1.807, 2.05) is 0 Å². The van der Waals surface area contributed by atoms with Gasteiger partial charge in [-0.2, -0.15) is 0 Å². The Bertz CT molecular complexity index is 588. The summed E-state index contributed by atoms with van der Waals surface area (Å²) in [5.41, 5.74) is 5.31. The Balaban J connectivity index is 1.60. The first kappa shape index (κ1) is 14.1. The number of rotatable bonds is 4. The Morgan fingerprint density at radius 2 is 2.05 bits per heavy atom. The topological polar surface area (TPSA) is 42.5 Å². The van der Waals surface area contributed by atoms with Crippen LogP contribution in [0.2, 0.25) is 0 Å². The van der Waals surface area contributed by atoms with Gasteiger partial charge in [-0.3, -0.25) is 0 Å². The molecule has 0 aromatic heterocycles. The van der Waals surface area contributed by atoms with Crippen LogP contribution >= 0.6 is 0 Å². The Kier molecular flexibility index (Phi) is 3.59. The predicted molar refractivity (Wildman–Crippen MR) is 85.6 cm³/mol. The molecular weight excluding hydrogens is 276 g/mol. The van der Waals surface area contributed by atoms with Crippen LogP contribution in [0.4, 0.5) is 0 Å². The van der Waals surface area contributed by atoms with Gasteiger partial charge < -0.3 is 20.1 Å². The monoisotopic (exact) mass is 300 g/mol. The molecule has 0 spiro atoms. The van der Waals surface area contributed by atoms with Crippen molar-refractivity contribution < 1.29 is 9.47 Å². The second kappa shape index (κ2) is 5.60. The molecule has 4 rings (SSSR count). The predicted octanol–water partition coefficient (Wildman–Crippen LogP) is 2.58. The van der Waals surface area contributed by atoms with Crippen molar-refractivity contribution in [3.05, 3.63) is 47.0 Å². The van der Waals surface area contributed by atoms with Crippen LogP contribution in [0.3, 0.4) is 0 Å². The first-order chi connectivity index (χ1) is 10.8. The number of methoxy groups -OCH3 is 2. The van der Waals surface area contributed by atoms with Crippen LogP contribution in [-0.4, -0.2) is 26.6 Å². The SMILES string of the molecule is COC1C=C(NC2=CNC(OC)C3=C2C2CCC3C2)C=CC1. The molecule has 2 bridgehead atoms. The van der Waals surface area contributed by atoms with Gasteiger partial charge in [-0.15, -0.1) is 0 Å². The van der Waals surface area contributed by atoms with Crippen molar-refractivity contribution in [1.29, 1.82) is 0 Å². The molecule has 4 atom stereocenters. The number of allylic oxidation sites excluding steroid dienone is 2. The highest BCUT2D eigenvalue weighted by Gasteiger charge is 2.44. The third-order valence-electron chi connectivity index (χ3n) is 5.39. The summed E-state index contributed by atoms with van der Waals surface area (Å²) in [6.45, 7) is 0. The number of hydrogen-bond acceptors (Lipinski definition) is 4. The Hall–Kier alpha value is -1.52. The molecule has 1 saturated carbocycles. The van der Waals surface area contributed by atoms with Crippen LogP contribution in [0, 0.1) is 11.8 Å². The summed E-state index contributed by atoms with van der Waals surface area (Å²) in [6.07, 6.45) is 13.7. The normalized spacial score (nSPS) is 35.9. The lowest BCUT2D eigenvalue weighted by atomic mass is 9.87. The first-order valence-electron chi connectivity index (χ1n) is 8.21. The lowest BCUT2D eigenvalue weighted by Gasteiger charge is -2.32. The lowest BCUT2D eigenvalue weighted by Crippen LogP contribution is -2.37. The highest BCUT2D eigenvalue weighted by atomic mass is 16.5. The molecular formula is C18H24N2O2. The fourth-order valence-electron chi connectivity index (χ4n) is 4.39. The van der Waals surface area contributed by atoms with Crippen LogP contribution in [0.1, 0.15) is 25.7 Å². The van der Waals surface area contributed by atoms with Gasteiger partial charge in [0.25, 0.3) is 0 Å².